The molecule has 162 valence electrons. The summed E-state index contributed by atoms with van der Waals surface area (Å²) in [5.74, 6) is 3.81. The Bertz CT molecular complexity index is 736. The van der Waals surface area contributed by atoms with Crippen molar-refractivity contribution in [2.24, 2.45) is 45.0 Å². The van der Waals surface area contributed by atoms with E-state index in [1.807, 2.05) is 21.6 Å². The van der Waals surface area contributed by atoms with Crippen molar-refractivity contribution in [2.75, 3.05) is 18.1 Å². The zero-order chi connectivity index (χ0) is 20.8. The molecule has 1 aliphatic heterocycles. The Balaban J connectivity index is 1.71. The van der Waals surface area contributed by atoms with Crippen molar-refractivity contribution in [2.45, 2.75) is 64.8 Å². The van der Waals surface area contributed by atoms with Crippen LogP contribution in [0.1, 0.15) is 58.8 Å². The highest BCUT2D eigenvalue weighted by molar-refractivity contribution is 8.76. The molecule has 6 unspecified atom stereocenters. The quantitative estimate of drug-likeness (QED) is 0.347. The number of aliphatic hydroxyl groups excluding tert-OH is 1. The Morgan fingerprint density at radius 3 is 2.86 bits per heavy atom. The lowest BCUT2D eigenvalue weighted by Crippen LogP contribution is -2.51. The molecule has 0 amide bonds. The highest BCUT2D eigenvalue weighted by Crippen LogP contribution is 2.74. The van der Waals surface area contributed by atoms with Crippen molar-refractivity contribution in [1.29, 1.82) is 0 Å². The first kappa shape index (κ1) is 21.6. The second-order valence-electron chi connectivity index (χ2n) is 9.77. The zero-order valence-corrected chi connectivity index (χ0v) is 19.3. The van der Waals surface area contributed by atoms with Gasteiger partial charge in [-0.2, -0.15) is 0 Å². The predicted molar refractivity (Wildman–Crippen MR) is 123 cm³/mol. The van der Waals surface area contributed by atoms with Crippen molar-refractivity contribution in [3.05, 3.63) is 11.1 Å². The van der Waals surface area contributed by atoms with Gasteiger partial charge in [-0.3, -0.25) is 4.79 Å². The van der Waals surface area contributed by atoms with Crippen LogP contribution in [-0.4, -0.2) is 41.0 Å². The van der Waals surface area contributed by atoms with Crippen LogP contribution in [-0.2, 0) is 4.79 Å². The van der Waals surface area contributed by atoms with E-state index >= 15 is 0 Å². The number of allylic oxidation sites excluding steroid dienone is 2. The van der Waals surface area contributed by atoms with E-state index in [2.05, 4.69) is 18.8 Å². The molecule has 5 N–H and O–H groups in total. The molecular formula is C22H35N3O2S2. The van der Waals surface area contributed by atoms with Crippen LogP contribution in [0.3, 0.4) is 0 Å². The summed E-state index contributed by atoms with van der Waals surface area (Å²) < 4.78 is 0. The SMILES string of the molecule is CC1C(CO)CC2CC3=C4CCCC(N=C(N)N)CSSCCC2(C)C31CC4=O. The Hall–Kier alpha value is -0.660. The Morgan fingerprint density at radius 1 is 1.34 bits per heavy atom. The van der Waals surface area contributed by atoms with Gasteiger partial charge >= 0.3 is 0 Å². The molecular weight excluding hydrogens is 402 g/mol. The number of carbonyl (C=O) groups is 1. The monoisotopic (exact) mass is 437 g/mol. The second kappa shape index (κ2) is 8.12. The van der Waals surface area contributed by atoms with Crippen LogP contribution < -0.4 is 11.5 Å². The molecule has 2 fully saturated rings. The second-order valence-corrected chi connectivity index (χ2v) is 12.4. The summed E-state index contributed by atoms with van der Waals surface area (Å²) in [6.45, 7) is 5.01. The third kappa shape index (κ3) is 3.35. The standard InChI is InChI=1S/C22H35N3O2S2/c1-13-14(11-26)8-15-9-18-17-5-3-4-16(25-20(23)24)12-29-28-7-6-21(15,2)22(13,18)10-19(17)27/h13-16,26H,3-12H2,1-2H3,(H4,23,24,25). The maximum Gasteiger partial charge on any atom is 0.186 e. The minimum atomic E-state index is -0.0335. The smallest absolute Gasteiger partial charge is 0.186 e. The number of hydrogen-bond acceptors (Lipinski definition) is 5. The molecule has 5 nitrogen and oxygen atoms in total. The van der Waals surface area contributed by atoms with Gasteiger partial charge in [0.15, 0.2) is 11.7 Å². The van der Waals surface area contributed by atoms with Crippen LogP contribution in [0.25, 0.3) is 0 Å². The van der Waals surface area contributed by atoms with Crippen molar-refractivity contribution < 1.29 is 9.90 Å². The highest BCUT2D eigenvalue weighted by Gasteiger charge is 2.68. The van der Waals surface area contributed by atoms with Crippen LogP contribution in [0, 0.1) is 28.6 Å². The van der Waals surface area contributed by atoms with Gasteiger partial charge in [0.2, 0.25) is 0 Å². The fraction of sp³-hybridized carbons (Fsp3) is 0.818. The van der Waals surface area contributed by atoms with E-state index < -0.39 is 0 Å². The molecule has 29 heavy (non-hydrogen) atoms. The third-order valence-electron chi connectivity index (χ3n) is 8.70. The molecule has 3 aliphatic carbocycles. The van der Waals surface area contributed by atoms with Gasteiger partial charge in [-0.05, 0) is 67.3 Å². The Kier molecular flexibility index (Phi) is 6.04. The highest BCUT2D eigenvalue weighted by atomic mass is 33.1. The molecule has 0 aromatic heterocycles. The molecule has 1 spiro atoms. The van der Waals surface area contributed by atoms with Crippen LogP contribution in [0.5, 0.6) is 0 Å². The average Bonchev–Trinajstić information content (AvgIpc) is 3.02. The van der Waals surface area contributed by atoms with E-state index in [1.165, 1.54) is 5.57 Å². The number of ketones is 1. The molecule has 6 atom stereocenters. The molecule has 0 saturated heterocycles. The van der Waals surface area contributed by atoms with Crippen LogP contribution in [0.2, 0.25) is 0 Å². The van der Waals surface area contributed by atoms with Crippen LogP contribution in [0.4, 0.5) is 0 Å². The van der Waals surface area contributed by atoms with Gasteiger partial charge in [0.25, 0.3) is 0 Å². The van der Waals surface area contributed by atoms with E-state index in [4.69, 9.17) is 11.5 Å². The van der Waals surface area contributed by atoms with Gasteiger partial charge < -0.3 is 16.6 Å². The van der Waals surface area contributed by atoms with Crippen molar-refractivity contribution in [1.82, 2.24) is 0 Å². The number of nitrogens with two attached hydrogens (primary N) is 2. The number of aliphatic hydroxyl groups is 1. The van der Waals surface area contributed by atoms with E-state index in [-0.39, 0.29) is 29.4 Å². The molecule has 4 aliphatic rings. The Labute approximate surface area is 182 Å². The van der Waals surface area contributed by atoms with Crippen LogP contribution >= 0.6 is 21.6 Å². The summed E-state index contributed by atoms with van der Waals surface area (Å²) in [7, 11) is 3.81. The third-order valence-corrected chi connectivity index (χ3v) is 11.2. The molecule has 7 heteroatoms. The van der Waals surface area contributed by atoms with E-state index in [0.29, 0.717) is 30.0 Å². The Morgan fingerprint density at radius 2 is 2.14 bits per heavy atom. The first-order chi connectivity index (χ1) is 13.8. The lowest BCUT2D eigenvalue weighted by molar-refractivity contribution is -0.123. The van der Waals surface area contributed by atoms with Gasteiger partial charge in [-0.25, -0.2) is 4.99 Å². The van der Waals surface area contributed by atoms with Crippen molar-refractivity contribution >= 4 is 33.3 Å². The number of aliphatic imine (C=N–C) groups is 1. The molecule has 0 aromatic rings. The number of carbonyl (C=O) groups excluding carboxylic acids is 1. The topological polar surface area (TPSA) is 102 Å². The van der Waals surface area contributed by atoms with Gasteiger partial charge in [0.1, 0.15) is 0 Å². The number of rotatable bonds is 2. The first-order valence-electron chi connectivity index (χ1n) is 11.0. The van der Waals surface area contributed by atoms with Gasteiger partial charge in [-0.1, -0.05) is 41.0 Å². The molecule has 5 bridgehead atoms. The fourth-order valence-electron chi connectivity index (χ4n) is 7.16. The summed E-state index contributed by atoms with van der Waals surface area (Å²) >= 11 is 0. The summed E-state index contributed by atoms with van der Waals surface area (Å²) in [5.41, 5.74) is 14.0. The average molecular weight is 438 g/mol. The van der Waals surface area contributed by atoms with Gasteiger partial charge in [-0.15, -0.1) is 0 Å². The molecule has 0 aromatic carbocycles. The molecule has 4 rings (SSSR count). The van der Waals surface area contributed by atoms with Gasteiger partial charge in [0, 0.05) is 29.9 Å². The summed E-state index contributed by atoms with van der Waals surface area (Å²) in [6.07, 6.45) is 6.68. The maximum atomic E-state index is 13.3. The maximum absolute atomic E-state index is 13.3. The summed E-state index contributed by atoms with van der Waals surface area (Å²) in [4.78, 5) is 17.7. The largest absolute Gasteiger partial charge is 0.396 e. The van der Waals surface area contributed by atoms with Crippen molar-refractivity contribution in [3.8, 4) is 0 Å². The molecule has 2 saturated carbocycles. The minimum Gasteiger partial charge on any atom is -0.396 e. The summed E-state index contributed by atoms with van der Waals surface area (Å²) in [5, 5.41) is 10.1. The van der Waals surface area contributed by atoms with Gasteiger partial charge in [0.05, 0.1) is 6.04 Å². The number of hydrogen-bond donors (Lipinski definition) is 3. The predicted octanol–water partition coefficient (Wildman–Crippen LogP) is 3.51. The first-order valence-corrected chi connectivity index (χ1v) is 13.5. The van der Waals surface area contributed by atoms with E-state index in [9.17, 15) is 9.90 Å². The normalized spacial score (nSPS) is 42.8. The minimum absolute atomic E-state index is 0.0335. The zero-order valence-electron chi connectivity index (χ0n) is 17.7. The lowest BCUT2D eigenvalue weighted by Gasteiger charge is -2.55. The lowest BCUT2D eigenvalue weighted by atomic mass is 9.48. The van der Waals surface area contributed by atoms with E-state index in [0.717, 1.165) is 55.6 Å². The molecule has 0 radical (unpaired) electrons. The number of guanidine groups is 1. The molecule has 1 heterocycles. The van der Waals surface area contributed by atoms with E-state index in [1.54, 1.807) is 0 Å². The van der Waals surface area contributed by atoms with Crippen LogP contribution in [0.15, 0.2) is 16.1 Å². The van der Waals surface area contributed by atoms with Crippen molar-refractivity contribution in [3.63, 3.8) is 0 Å². The number of nitrogens with zero attached hydrogens (tertiary/aromatic N) is 1. The summed E-state index contributed by atoms with van der Waals surface area (Å²) in [6, 6.07) is 0.124. The fourth-order valence-corrected chi connectivity index (χ4v) is 9.65. The number of Topliss-reactive ketones (excluding diaryl/α,β-unsaturated/α-hetero) is 1.